The van der Waals surface area contributed by atoms with Crippen molar-refractivity contribution in [1.82, 2.24) is 4.90 Å². The van der Waals surface area contributed by atoms with E-state index in [2.05, 4.69) is 11.4 Å². The van der Waals surface area contributed by atoms with Crippen LogP contribution in [0.25, 0.3) is 0 Å². The Morgan fingerprint density at radius 2 is 1.88 bits per heavy atom. The van der Waals surface area contributed by atoms with Gasteiger partial charge in [-0.15, -0.1) is 0 Å². The lowest BCUT2D eigenvalue weighted by atomic mass is 10.1. The molecule has 0 saturated heterocycles. The minimum absolute atomic E-state index is 0.0134. The second-order valence-corrected chi connectivity index (χ2v) is 6.64. The van der Waals surface area contributed by atoms with Crippen LogP contribution in [0.4, 0.5) is 5.69 Å². The summed E-state index contributed by atoms with van der Waals surface area (Å²) in [6, 6.07) is 17.8. The highest BCUT2D eigenvalue weighted by atomic mass is 16.2. The van der Waals surface area contributed by atoms with Gasteiger partial charge in [-0.05, 0) is 44.9 Å². The van der Waals surface area contributed by atoms with E-state index < -0.39 is 0 Å². The van der Waals surface area contributed by atoms with Crippen molar-refractivity contribution in [3.8, 4) is 6.07 Å². The average molecular weight is 347 g/mol. The third-order valence-corrected chi connectivity index (χ3v) is 4.18. The molecule has 4 heteroatoms. The Balaban J connectivity index is 2.20. The fourth-order valence-electron chi connectivity index (χ4n) is 2.69. The van der Waals surface area contributed by atoms with Crippen molar-refractivity contribution in [2.45, 2.75) is 40.3 Å². The molecule has 2 rings (SSSR count). The zero-order chi connectivity index (χ0) is 19.1. The first-order valence-corrected chi connectivity index (χ1v) is 8.71. The van der Waals surface area contributed by atoms with E-state index >= 15 is 0 Å². The van der Waals surface area contributed by atoms with Gasteiger partial charge in [0.25, 0.3) is 5.91 Å². The summed E-state index contributed by atoms with van der Waals surface area (Å²) in [4.78, 5) is 14.6. The Labute approximate surface area is 155 Å². The third-order valence-electron chi connectivity index (χ3n) is 4.18. The van der Waals surface area contributed by atoms with E-state index in [4.69, 9.17) is 0 Å². The smallest absolute Gasteiger partial charge is 0.266 e. The van der Waals surface area contributed by atoms with Crippen LogP contribution in [-0.4, -0.2) is 16.8 Å². The van der Waals surface area contributed by atoms with Crippen LogP contribution < -0.4 is 5.32 Å². The molecule has 0 aliphatic carbocycles. The molecule has 134 valence electrons. The largest absolute Gasteiger partial charge is 0.360 e. The summed E-state index contributed by atoms with van der Waals surface area (Å²) in [5, 5.41) is 12.6. The molecule has 0 aromatic heterocycles. The van der Waals surface area contributed by atoms with Gasteiger partial charge in [0.2, 0.25) is 0 Å². The molecule has 0 bridgehead atoms. The Bertz CT molecular complexity index is 832. The maximum atomic E-state index is 12.9. The predicted molar refractivity (Wildman–Crippen MR) is 105 cm³/mol. The summed E-state index contributed by atoms with van der Waals surface area (Å²) in [5.41, 5.74) is 4.25. The summed E-state index contributed by atoms with van der Waals surface area (Å²) >= 11 is 0. The Morgan fingerprint density at radius 3 is 2.46 bits per heavy atom. The van der Waals surface area contributed by atoms with E-state index in [0.717, 1.165) is 16.8 Å². The van der Waals surface area contributed by atoms with Gasteiger partial charge in [0, 0.05) is 24.5 Å². The van der Waals surface area contributed by atoms with Gasteiger partial charge < -0.3 is 10.2 Å². The highest BCUT2D eigenvalue weighted by Crippen LogP contribution is 2.17. The number of amides is 1. The van der Waals surface area contributed by atoms with Crippen molar-refractivity contribution in [3.05, 3.63) is 77.0 Å². The quantitative estimate of drug-likeness (QED) is 0.615. The number of benzene rings is 2. The van der Waals surface area contributed by atoms with Crippen LogP contribution in [0.3, 0.4) is 0 Å². The maximum Gasteiger partial charge on any atom is 0.266 e. The summed E-state index contributed by atoms with van der Waals surface area (Å²) in [5.74, 6) is -0.274. The topological polar surface area (TPSA) is 56.1 Å². The Kier molecular flexibility index (Phi) is 6.57. The predicted octanol–water partition coefficient (Wildman–Crippen LogP) is 4.56. The van der Waals surface area contributed by atoms with E-state index in [9.17, 15) is 10.1 Å². The minimum Gasteiger partial charge on any atom is -0.360 e. The lowest BCUT2D eigenvalue weighted by molar-refractivity contribution is -0.129. The van der Waals surface area contributed by atoms with Gasteiger partial charge in [0.15, 0.2) is 0 Å². The molecular weight excluding hydrogens is 322 g/mol. The third kappa shape index (κ3) is 4.97. The number of hydrogen-bond acceptors (Lipinski definition) is 3. The second-order valence-electron chi connectivity index (χ2n) is 6.64. The maximum absolute atomic E-state index is 12.9. The molecule has 0 unspecified atom stereocenters. The van der Waals surface area contributed by atoms with Crippen LogP contribution >= 0.6 is 0 Å². The number of rotatable bonds is 6. The molecule has 2 aromatic rings. The molecule has 0 heterocycles. The van der Waals surface area contributed by atoms with Crippen molar-refractivity contribution in [2.24, 2.45) is 0 Å². The molecule has 4 nitrogen and oxygen atoms in total. The highest BCUT2D eigenvalue weighted by Gasteiger charge is 2.21. The van der Waals surface area contributed by atoms with Crippen LogP contribution in [0.1, 0.15) is 30.5 Å². The minimum atomic E-state index is -0.274. The standard InChI is InChI=1S/C22H25N3O/c1-16(2)25(15-19-8-6-5-7-9-19)22(26)20(13-23)14-24-21-11-10-17(3)12-18(21)4/h5-12,14,16,24H,15H2,1-4H3/b20-14-. The molecule has 2 aromatic carbocycles. The van der Waals surface area contributed by atoms with Crippen molar-refractivity contribution in [2.75, 3.05) is 5.32 Å². The van der Waals surface area contributed by atoms with Gasteiger partial charge in [-0.25, -0.2) is 0 Å². The van der Waals surface area contributed by atoms with Crippen molar-refractivity contribution in [1.29, 1.82) is 5.26 Å². The number of nitrogens with zero attached hydrogens (tertiary/aromatic N) is 2. The lowest BCUT2D eigenvalue weighted by Crippen LogP contribution is -2.37. The Morgan fingerprint density at radius 1 is 1.19 bits per heavy atom. The summed E-state index contributed by atoms with van der Waals surface area (Å²) in [7, 11) is 0. The van der Waals surface area contributed by atoms with Crippen LogP contribution in [-0.2, 0) is 11.3 Å². The molecule has 1 N–H and O–H groups in total. The van der Waals surface area contributed by atoms with E-state index in [0.29, 0.717) is 6.54 Å². The summed E-state index contributed by atoms with van der Waals surface area (Å²) < 4.78 is 0. The monoisotopic (exact) mass is 347 g/mol. The zero-order valence-corrected chi connectivity index (χ0v) is 15.8. The molecule has 0 atom stereocenters. The summed E-state index contributed by atoms with van der Waals surface area (Å²) in [6.45, 7) is 8.40. The second kappa shape index (κ2) is 8.87. The van der Waals surface area contributed by atoms with Crippen molar-refractivity contribution < 1.29 is 4.79 Å². The van der Waals surface area contributed by atoms with Gasteiger partial charge in [-0.3, -0.25) is 4.79 Å². The number of carbonyl (C=O) groups is 1. The van der Waals surface area contributed by atoms with E-state index in [1.807, 2.05) is 76.2 Å². The molecule has 0 spiro atoms. The first kappa shape index (κ1) is 19.3. The normalized spacial score (nSPS) is 11.2. The van der Waals surface area contributed by atoms with E-state index in [1.54, 1.807) is 4.90 Å². The fourth-order valence-corrected chi connectivity index (χ4v) is 2.69. The molecule has 0 aliphatic rings. The van der Waals surface area contributed by atoms with Crippen LogP contribution in [0, 0.1) is 25.2 Å². The van der Waals surface area contributed by atoms with E-state index in [1.165, 1.54) is 11.8 Å². The zero-order valence-electron chi connectivity index (χ0n) is 15.8. The number of nitrogens with one attached hydrogen (secondary N) is 1. The molecule has 0 fully saturated rings. The summed E-state index contributed by atoms with van der Waals surface area (Å²) in [6.07, 6.45) is 1.50. The molecule has 1 amide bonds. The fraction of sp³-hybridized carbons (Fsp3) is 0.273. The number of nitriles is 1. The lowest BCUT2D eigenvalue weighted by Gasteiger charge is -2.26. The van der Waals surface area contributed by atoms with Gasteiger partial charge in [-0.1, -0.05) is 48.0 Å². The van der Waals surface area contributed by atoms with Crippen LogP contribution in [0.5, 0.6) is 0 Å². The van der Waals surface area contributed by atoms with Gasteiger partial charge in [0.05, 0.1) is 0 Å². The number of carbonyl (C=O) groups excluding carboxylic acids is 1. The Hall–Kier alpha value is -3.06. The number of anilines is 1. The molecule has 0 radical (unpaired) electrons. The first-order valence-electron chi connectivity index (χ1n) is 8.71. The molecule has 0 aliphatic heterocycles. The van der Waals surface area contributed by atoms with Crippen LogP contribution in [0.15, 0.2) is 60.3 Å². The molecule has 26 heavy (non-hydrogen) atoms. The highest BCUT2D eigenvalue weighted by molar-refractivity contribution is 5.97. The van der Waals surface area contributed by atoms with E-state index in [-0.39, 0.29) is 17.5 Å². The number of hydrogen-bond donors (Lipinski definition) is 1. The SMILES string of the molecule is Cc1ccc(N/C=C(/C#N)C(=O)N(Cc2ccccc2)C(C)C)c(C)c1. The van der Waals surface area contributed by atoms with Gasteiger partial charge in [0.1, 0.15) is 11.6 Å². The first-order chi connectivity index (χ1) is 12.4. The average Bonchev–Trinajstić information content (AvgIpc) is 2.62. The van der Waals surface area contributed by atoms with Crippen molar-refractivity contribution >= 4 is 11.6 Å². The molecule has 0 saturated carbocycles. The van der Waals surface area contributed by atoms with Gasteiger partial charge in [-0.2, -0.15) is 5.26 Å². The van der Waals surface area contributed by atoms with Crippen molar-refractivity contribution in [3.63, 3.8) is 0 Å². The van der Waals surface area contributed by atoms with Gasteiger partial charge >= 0.3 is 0 Å². The van der Waals surface area contributed by atoms with Crippen LogP contribution in [0.2, 0.25) is 0 Å². The molecular formula is C22H25N3O. The number of aryl methyl sites for hydroxylation is 2.